The Morgan fingerprint density at radius 2 is 0.923 bits per heavy atom. The van der Waals surface area contributed by atoms with Crippen LogP contribution in [-0.2, 0) is 23.2 Å². The van der Waals surface area contributed by atoms with Crippen molar-refractivity contribution in [1.82, 2.24) is 0 Å². The number of halogens is 2. The summed E-state index contributed by atoms with van der Waals surface area (Å²) in [4.78, 5) is 0. The average molecular weight is 813 g/mol. The van der Waals surface area contributed by atoms with Crippen LogP contribution < -0.4 is 24.8 Å². The van der Waals surface area contributed by atoms with E-state index in [2.05, 4.69) is 148 Å². The molecule has 1 aliphatic heterocycles. The zero-order valence-electron chi connectivity index (χ0n) is 30.7. The maximum atomic E-state index is 2.75. The van der Waals surface area contributed by atoms with Gasteiger partial charge >= 0.3 is 313 Å². The molecule has 0 saturated heterocycles. The van der Waals surface area contributed by atoms with Crippen LogP contribution in [0.4, 0.5) is 0 Å². The summed E-state index contributed by atoms with van der Waals surface area (Å²) in [5.41, 5.74) is 16.0. The smallest absolute Gasteiger partial charge is 1.00 e. The molecule has 0 amide bonds. The summed E-state index contributed by atoms with van der Waals surface area (Å²) in [5.74, 6) is 0. The van der Waals surface area contributed by atoms with E-state index in [4.69, 9.17) is 0 Å². The molecule has 52 heavy (non-hydrogen) atoms. The number of benzene rings is 6. The van der Waals surface area contributed by atoms with Gasteiger partial charge in [-0.3, -0.25) is 0 Å². The Morgan fingerprint density at radius 1 is 0.500 bits per heavy atom. The van der Waals surface area contributed by atoms with Gasteiger partial charge in [-0.05, 0) is 0 Å². The van der Waals surface area contributed by atoms with Crippen molar-refractivity contribution in [1.29, 1.82) is 0 Å². The summed E-state index contributed by atoms with van der Waals surface area (Å²) in [6.07, 6.45) is 7.62. The minimum absolute atomic E-state index is 0. The van der Waals surface area contributed by atoms with Gasteiger partial charge in [0.1, 0.15) is 0 Å². The largest absolute Gasteiger partial charge is 1.00 e. The van der Waals surface area contributed by atoms with Gasteiger partial charge in [0, 0.05) is 0 Å². The number of hydrogen-bond donors (Lipinski definition) is 0. The fourth-order valence-electron chi connectivity index (χ4n) is 9.73. The molecular formula is C48H46Cl2SiZr. The van der Waals surface area contributed by atoms with Crippen LogP contribution in [-0.4, -0.2) is 8.07 Å². The topological polar surface area (TPSA) is 0 Å². The molecule has 0 fully saturated rings. The summed E-state index contributed by atoms with van der Waals surface area (Å²) >= 11 is -1.01. The average Bonchev–Trinajstić information content (AvgIpc) is 3.66. The molecule has 2 unspecified atom stereocenters. The Labute approximate surface area is 335 Å². The zero-order chi connectivity index (χ0) is 34.0. The summed E-state index contributed by atoms with van der Waals surface area (Å²) < 4.78 is 1.31. The van der Waals surface area contributed by atoms with Gasteiger partial charge in [0.2, 0.25) is 0 Å². The summed E-state index contributed by atoms with van der Waals surface area (Å²) in [6, 6.07) is 46.9. The van der Waals surface area contributed by atoms with E-state index >= 15 is 0 Å². The van der Waals surface area contributed by atoms with Crippen molar-refractivity contribution in [3.8, 4) is 22.3 Å². The molecule has 0 radical (unpaired) electrons. The molecular weight excluding hydrogens is 767 g/mol. The van der Waals surface area contributed by atoms with Crippen LogP contribution in [0.3, 0.4) is 0 Å². The molecule has 0 aromatic heterocycles. The molecule has 1 heterocycles. The minimum atomic E-state index is -2.23. The maximum Gasteiger partial charge on any atom is -1.00 e. The van der Waals surface area contributed by atoms with E-state index in [1.165, 1.54) is 82.3 Å². The van der Waals surface area contributed by atoms with Crippen LogP contribution in [0.1, 0.15) is 81.9 Å². The molecule has 2 aliphatic carbocycles. The second-order valence-electron chi connectivity index (χ2n) is 15.3. The van der Waals surface area contributed by atoms with Crippen LogP contribution in [0.25, 0.3) is 54.2 Å². The Kier molecular flexibility index (Phi) is 10.8. The Balaban J connectivity index is 0.00000210. The third-order valence-electron chi connectivity index (χ3n) is 12.0. The number of allylic oxidation sites excluding steroid dienone is 2. The SMILES string of the molecule is CCCCC1=C2c3c(-c4ccc5ccccc5c4)cccc3[CH]1[Zr+2][CH]1C(CCCC)=C(c3c(-c4ccc5ccccc5c4)cccc31)[Si]2(C)C.[Cl-].[Cl-]. The Morgan fingerprint density at radius 3 is 1.35 bits per heavy atom. The van der Waals surface area contributed by atoms with E-state index in [1.807, 2.05) is 11.1 Å². The van der Waals surface area contributed by atoms with E-state index < -0.39 is 31.3 Å². The van der Waals surface area contributed by atoms with Crippen LogP contribution in [0.2, 0.25) is 13.1 Å². The van der Waals surface area contributed by atoms with Gasteiger partial charge in [-0.1, -0.05) is 0 Å². The quantitative estimate of drug-likeness (QED) is 0.137. The molecule has 0 N–H and O–H groups in total. The number of fused-ring (bicyclic) bond motifs is 10. The van der Waals surface area contributed by atoms with Crippen molar-refractivity contribution < 1.29 is 48.0 Å². The maximum absolute atomic E-state index is 2.75. The molecule has 0 saturated carbocycles. The zero-order valence-corrected chi connectivity index (χ0v) is 35.7. The molecule has 9 rings (SSSR count). The Bertz CT molecular complexity index is 2220. The van der Waals surface area contributed by atoms with Gasteiger partial charge < -0.3 is 24.8 Å². The predicted octanol–water partition coefficient (Wildman–Crippen LogP) is 7.92. The first-order valence-corrected chi connectivity index (χ1v) is 24.8. The Hall–Kier alpha value is -3.00. The molecule has 6 aromatic carbocycles. The fourth-order valence-corrected chi connectivity index (χ4v) is 19.9. The first-order chi connectivity index (χ1) is 24.5. The number of rotatable bonds is 8. The summed E-state index contributed by atoms with van der Waals surface area (Å²) in [7, 11) is -2.23. The van der Waals surface area contributed by atoms with Gasteiger partial charge in [0.25, 0.3) is 0 Å². The molecule has 6 aromatic rings. The van der Waals surface area contributed by atoms with E-state index in [-0.39, 0.29) is 24.8 Å². The van der Waals surface area contributed by atoms with Crippen molar-refractivity contribution in [2.45, 2.75) is 72.7 Å². The van der Waals surface area contributed by atoms with Gasteiger partial charge in [-0.15, -0.1) is 0 Å². The standard InChI is InChI=1S/C48H46Si.2ClH.Zr/c1-5-7-15-41-31-39-21-13-23-43(37-27-25-33-17-9-11-19-35(33)29-37)45(39)47(41)49(3,4)48-42(16-8-6-2)32-40-22-14-24-44(46(40)48)38-28-26-34-18-10-12-20-36(34)30-38;;;/h9-14,17-32H,5-8,15-16H2,1-4H3;2*1H;/q;;;+2/p-2. The third kappa shape index (κ3) is 5.98. The molecule has 260 valence electrons. The normalized spacial score (nSPS) is 17.8. The fraction of sp³-hybridized carbons (Fsp3) is 0.250. The first-order valence-electron chi connectivity index (χ1n) is 19.0. The first kappa shape index (κ1) is 37.3. The van der Waals surface area contributed by atoms with Gasteiger partial charge in [-0.2, -0.15) is 0 Å². The molecule has 4 bridgehead atoms. The van der Waals surface area contributed by atoms with Crippen molar-refractivity contribution in [3.05, 3.63) is 155 Å². The monoisotopic (exact) mass is 810 g/mol. The molecule has 3 aliphatic rings. The molecule has 2 atom stereocenters. The van der Waals surface area contributed by atoms with E-state index in [0.717, 1.165) is 0 Å². The van der Waals surface area contributed by atoms with Gasteiger partial charge in [0.15, 0.2) is 0 Å². The molecule has 4 heteroatoms. The van der Waals surface area contributed by atoms with E-state index in [9.17, 15) is 0 Å². The molecule has 0 spiro atoms. The number of unbranched alkanes of at least 4 members (excludes halogenated alkanes) is 2. The van der Waals surface area contributed by atoms with Crippen LogP contribution in [0.15, 0.2) is 132 Å². The third-order valence-corrected chi connectivity index (χ3v) is 20.5. The minimum Gasteiger partial charge on any atom is -1.00 e. The number of hydrogen-bond acceptors (Lipinski definition) is 0. The van der Waals surface area contributed by atoms with Gasteiger partial charge in [0.05, 0.1) is 0 Å². The summed E-state index contributed by atoms with van der Waals surface area (Å²) in [6.45, 7) is 10.3. The second kappa shape index (κ2) is 15.0. The van der Waals surface area contributed by atoms with E-state index in [1.54, 1.807) is 32.6 Å². The van der Waals surface area contributed by atoms with Crippen molar-refractivity contribution in [3.63, 3.8) is 0 Å². The van der Waals surface area contributed by atoms with Crippen LogP contribution in [0, 0.1) is 0 Å². The van der Waals surface area contributed by atoms with Crippen molar-refractivity contribution in [2.75, 3.05) is 0 Å². The van der Waals surface area contributed by atoms with Crippen molar-refractivity contribution in [2.24, 2.45) is 0 Å². The summed E-state index contributed by atoms with van der Waals surface area (Å²) in [5, 5.41) is 8.93. The molecule has 0 nitrogen and oxygen atoms in total. The second-order valence-corrected chi connectivity index (χ2v) is 23.2. The van der Waals surface area contributed by atoms with E-state index in [0.29, 0.717) is 7.25 Å². The van der Waals surface area contributed by atoms with Gasteiger partial charge in [-0.25, -0.2) is 0 Å². The van der Waals surface area contributed by atoms with Crippen LogP contribution in [0.5, 0.6) is 0 Å². The van der Waals surface area contributed by atoms with Crippen molar-refractivity contribution >= 4 is 40.0 Å². The van der Waals surface area contributed by atoms with Crippen LogP contribution >= 0.6 is 0 Å². The predicted molar refractivity (Wildman–Crippen MR) is 215 cm³/mol.